The third-order valence-electron chi connectivity index (χ3n) is 4.00. The third kappa shape index (κ3) is 1.73. The zero-order valence-corrected chi connectivity index (χ0v) is 10.0. The SMILES string of the molecule is C=C(C)C1(C)CC1c1ccc(CC)cc1. The summed E-state index contributed by atoms with van der Waals surface area (Å²) in [5.74, 6) is 0.709. The van der Waals surface area contributed by atoms with Crippen molar-refractivity contribution >= 4 is 0 Å². The smallest absolute Gasteiger partial charge is 0.00468 e. The molecular formula is C15H20. The predicted octanol–water partition coefficient (Wildman–Crippen LogP) is 4.32. The highest BCUT2D eigenvalue weighted by Gasteiger charge is 2.50. The Morgan fingerprint density at radius 2 is 2.00 bits per heavy atom. The second-order valence-electron chi connectivity index (χ2n) is 5.05. The van der Waals surface area contributed by atoms with Crippen LogP contribution in [0.1, 0.15) is 44.2 Å². The quantitative estimate of drug-likeness (QED) is 0.637. The van der Waals surface area contributed by atoms with Crippen molar-refractivity contribution in [1.82, 2.24) is 0 Å². The molecule has 1 aromatic rings. The third-order valence-corrected chi connectivity index (χ3v) is 4.00. The minimum Gasteiger partial charge on any atom is -0.0996 e. The molecule has 1 saturated carbocycles. The van der Waals surface area contributed by atoms with E-state index in [-0.39, 0.29) is 0 Å². The zero-order chi connectivity index (χ0) is 11.1. The van der Waals surface area contributed by atoms with Gasteiger partial charge in [0.2, 0.25) is 0 Å². The fraction of sp³-hybridized carbons (Fsp3) is 0.467. The normalized spacial score (nSPS) is 28.9. The predicted molar refractivity (Wildman–Crippen MR) is 66.1 cm³/mol. The van der Waals surface area contributed by atoms with Gasteiger partial charge in [-0.15, -0.1) is 0 Å². The van der Waals surface area contributed by atoms with Crippen LogP contribution in [0.3, 0.4) is 0 Å². The maximum atomic E-state index is 4.10. The summed E-state index contributed by atoms with van der Waals surface area (Å²) < 4.78 is 0. The van der Waals surface area contributed by atoms with Crippen LogP contribution in [0.2, 0.25) is 0 Å². The molecule has 2 rings (SSSR count). The van der Waals surface area contributed by atoms with Gasteiger partial charge in [-0.1, -0.05) is 50.3 Å². The van der Waals surface area contributed by atoms with Crippen LogP contribution < -0.4 is 0 Å². The van der Waals surface area contributed by atoms with Gasteiger partial charge in [0.15, 0.2) is 0 Å². The van der Waals surface area contributed by atoms with E-state index in [9.17, 15) is 0 Å². The molecule has 1 aromatic carbocycles. The second-order valence-corrected chi connectivity index (χ2v) is 5.05. The molecule has 0 aromatic heterocycles. The van der Waals surface area contributed by atoms with Gasteiger partial charge < -0.3 is 0 Å². The molecule has 2 unspecified atom stereocenters. The highest BCUT2D eigenvalue weighted by atomic mass is 14.5. The van der Waals surface area contributed by atoms with E-state index in [2.05, 4.69) is 51.6 Å². The van der Waals surface area contributed by atoms with E-state index in [4.69, 9.17) is 0 Å². The summed E-state index contributed by atoms with van der Waals surface area (Å²) in [5, 5.41) is 0. The average Bonchev–Trinajstić information content (AvgIpc) is 2.93. The van der Waals surface area contributed by atoms with Crippen LogP contribution in [0, 0.1) is 5.41 Å². The summed E-state index contributed by atoms with van der Waals surface area (Å²) >= 11 is 0. The van der Waals surface area contributed by atoms with Gasteiger partial charge in [0.25, 0.3) is 0 Å². The largest absolute Gasteiger partial charge is 0.0996 e. The van der Waals surface area contributed by atoms with Crippen molar-refractivity contribution in [3.8, 4) is 0 Å². The van der Waals surface area contributed by atoms with E-state index in [1.807, 2.05) is 0 Å². The molecule has 15 heavy (non-hydrogen) atoms. The maximum Gasteiger partial charge on any atom is -0.00468 e. The number of hydrogen-bond acceptors (Lipinski definition) is 0. The van der Waals surface area contributed by atoms with Crippen LogP contribution in [0.15, 0.2) is 36.4 Å². The lowest BCUT2D eigenvalue weighted by Gasteiger charge is -2.10. The molecule has 0 spiro atoms. The molecule has 1 aliphatic rings. The van der Waals surface area contributed by atoms with Gasteiger partial charge in [0.1, 0.15) is 0 Å². The Hall–Kier alpha value is -1.04. The first-order valence-corrected chi connectivity index (χ1v) is 5.82. The van der Waals surface area contributed by atoms with E-state index < -0.39 is 0 Å². The van der Waals surface area contributed by atoms with Crippen LogP contribution in [-0.4, -0.2) is 0 Å². The van der Waals surface area contributed by atoms with Crippen LogP contribution in [0.5, 0.6) is 0 Å². The molecule has 0 saturated heterocycles. The van der Waals surface area contributed by atoms with E-state index in [0.29, 0.717) is 11.3 Å². The highest BCUT2D eigenvalue weighted by molar-refractivity contribution is 5.36. The number of rotatable bonds is 3. The minimum absolute atomic E-state index is 0.369. The zero-order valence-electron chi connectivity index (χ0n) is 10.0. The number of allylic oxidation sites excluding steroid dienone is 1. The first-order chi connectivity index (χ1) is 7.08. The molecule has 1 fully saturated rings. The lowest BCUT2D eigenvalue weighted by atomic mass is 9.94. The number of benzene rings is 1. The molecular weight excluding hydrogens is 180 g/mol. The van der Waals surface area contributed by atoms with Gasteiger partial charge in [-0.05, 0) is 42.2 Å². The molecule has 0 radical (unpaired) electrons. The van der Waals surface area contributed by atoms with Crippen molar-refractivity contribution in [3.63, 3.8) is 0 Å². The fourth-order valence-electron chi connectivity index (χ4n) is 2.31. The number of aryl methyl sites for hydroxylation is 1. The van der Waals surface area contributed by atoms with Crippen molar-refractivity contribution < 1.29 is 0 Å². The van der Waals surface area contributed by atoms with Gasteiger partial charge in [-0.2, -0.15) is 0 Å². The van der Waals surface area contributed by atoms with Gasteiger partial charge in [-0.3, -0.25) is 0 Å². The van der Waals surface area contributed by atoms with Crippen LogP contribution in [0.4, 0.5) is 0 Å². The van der Waals surface area contributed by atoms with E-state index in [1.54, 1.807) is 0 Å². The average molecular weight is 200 g/mol. The molecule has 80 valence electrons. The summed E-state index contributed by atoms with van der Waals surface area (Å²) in [5.41, 5.74) is 4.61. The van der Waals surface area contributed by atoms with Gasteiger partial charge in [0, 0.05) is 0 Å². The van der Waals surface area contributed by atoms with Crippen molar-refractivity contribution in [2.75, 3.05) is 0 Å². The molecule has 0 amide bonds. The Bertz CT molecular complexity index is 372. The molecule has 0 heterocycles. The van der Waals surface area contributed by atoms with Gasteiger partial charge >= 0.3 is 0 Å². The summed E-state index contributed by atoms with van der Waals surface area (Å²) in [7, 11) is 0. The fourth-order valence-corrected chi connectivity index (χ4v) is 2.31. The maximum absolute atomic E-state index is 4.10. The van der Waals surface area contributed by atoms with E-state index in [1.165, 1.54) is 23.1 Å². The van der Waals surface area contributed by atoms with Crippen molar-refractivity contribution in [2.24, 2.45) is 5.41 Å². The Kier molecular flexibility index (Phi) is 2.46. The second kappa shape index (κ2) is 3.52. The van der Waals surface area contributed by atoms with Crippen molar-refractivity contribution in [2.45, 2.75) is 39.5 Å². The Labute approximate surface area is 93.0 Å². The molecule has 0 nitrogen and oxygen atoms in total. The summed E-state index contributed by atoms with van der Waals surface area (Å²) in [6.45, 7) is 10.8. The topological polar surface area (TPSA) is 0 Å². The lowest BCUT2D eigenvalue weighted by molar-refractivity contribution is 0.660. The van der Waals surface area contributed by atoms with Crippen LogP contribution >= 0.6 is 0 Å². The van der Waals surface area contributed by atoms with Gasteiger partial charge in [0.05, 0.1) is 0 Å². The molecule has 1 aliphatic carbocycles. The molecule has 0 heteroatoms. The molecule has 0 N–H and O–H groups in total. The first kappa shape index (κ1) is 10.5. The monoisotopic (exact) mass is 200 g/mol. The molecule has 0 bridgehead atoms. The summed E-state index contributed by atoms with van der Waals surface area (Å²) in [4.78, 5) is 0. The van der Waals surface area contributed by atoms with E-state index >= 15 is 0 Å². The Balaban J connectivity index is 2.16. The van der Waals surface area contributed by atoms with Crippen LogP contribution in [0.25, 0.3) is 0 Å². The highest BCUT2D eigenvalue weighted by Crippen LogP contribution is 2.62. The number of hydrogen-bond donors (Lipinski definition) is 0. The molecule has 2 atom stereocenters. The van der Waals surface area contributed by atoms with Gasteiger partial charge in [-0.25, -0.2) is 0 Å². The minimum atomic E-state index is 0.369. The van der Waals surface area contributed by atoms with Crippen LogP contribution in [-0.2, 0) is 6.42 Å². The Morgan fingerprint density at radius 3 is 2.40 bits per heavy atom. The first-order valence-electron chi connectivity index (χ1n) is 5.82. The summed E-state index contributed by atoms with van der Waals surface area (Å²) in [6, 6.07) is 9.09. The van der Waals surface area contributed by atoms with Crippen molar-refractivity contribution in [1.29, 1.82) is 0 Å². The Morgan fingerprint density at radius 1 is 1.40 bits per heavy atom. The lowest BCUT2D eigenvalue weighted by Crippen LogP contribution is -1.98. The standard InChI is InChI=1S/C15H20/c1-5-12-6-8-13(9-7-12)14-10-15(14,4)11(2)3/h6-9,14H,2,5,10H2,1,3-4H3. The summed E-state index contributed by atoms with van der Waals surface area (Å²) in [6.07, 6.45) is 2.40. The molecule has 0 aliphatic heterocycles. The van der Waals surface area contributed by atoms with E-state index in [0.717, 1.165) is 6.42 Å². The van der Waals surface area contributed by atoms with Crippen molar-refractivity contribution in [3.05, 3.63) is 47.5 Å².